The summed E-state index contributed by atoms with van der Waals surface area (Å²) in [5.41, 5.74) is 0.0877. The molecule has 0 aliphatic carbocycles. The minimum Gasteiger partial charge on any atom is -0.356 e. The number of carbonyl (C=O) groups is 1. The van der Waals surface area contributed by atoms with Crippen molar-refractivity contribution >= 4 is 22.9 Å². The number of hydrogen-bond donors (Lipinski definition) is 0. The van der Waals surface area contributed by atoms with Crippen LogP contribution in [0.2, 0.25) is 0 Å². The molecular weight excluding hydrogens is 286 g/mol. The van der Waals surface area contributed by atoms with Gasteiger partial charge in [0.1, 0.15) is 12.1 Å². The van der Waals surface area contributed by atoms with Gasteiger partial charge in [-0.05, 0) is 26.7 Å². The number of hydrogen-bond acceptors (Lipinski definition) is 5. The van der Waals surface area contributed by atoms with Gasteiger partial charge in [0.15, 0.2) is 0 Å². The third-order valence-corrected chi connectivity index (χ3v) is 4.53. The highest BCUT2D eigenvalue weighted by Gasteiger charge is 2.28. The summed E-state index contributed by atoms with van der Waals surface area (Å²) >= 11 is 0. The number of anilines is 1. The zero-order valence-electron chi connectivity index (χ0n) is 13.7. The molecule has 0 amide bonds. The quantitative estimate of drug-likeness (QED) is 0.571. The standard InChI is InChI=1S/C15H25N3O2S/c1-7-11(8-2)18(5)13-12(15(3,4)10-19)9-16-14(17-13)21(6)20/h9-11H,7-8H2,1-6H3. The predicted molar refractivity (Wildman–Crippen MR) is 86.2 cm³/mol. The molecule has 0 N–H and O–H groups in total. The molecule has 118 valence electrons. The molecular formula is C15H25N3O2S. The van der Waals surface area contributed by atoms with E-state index in [9.17, 15) is 9.00 Å². The molecule has 0 aliphatic heterocycles. The SMILES string of the molecule is CCC(CC)N(C)c1nc(S(C)=O)ncc1C(C)(C)C=O. The molecule has 0 radical (unpaired) electrons. The van der Waals surface area contributed by atoms with Crippen LogP contribution in [0.4, 0.5) is 5.82 Å². The van der Waals surface area contributed by atoms with Crippen molar-refractivity contribution in [3.8, 4) is 0 Å². The van der Waals surface area contributed by atoms with Crippen LogP contribution in [0.3, 0.4) is 0 Å². The molecule has 0 fully saturated rings. The lowest BCUT2D eigenvalue weighted by molar-refractivity contribution is -0.111. The zero-order chi connectivity index (χ0) is 16.2. The van der Waals surface area contributed by atoms with E-state index in [-0.39, 0.29) is 0 Å². The Morgan fingerprint density at radius 3 is 2.38 bits per heavy atom. The highest BCUT2D eigenvalue weighted by Crippen LogP contribution is 2.30. The molecule has 21 heavy (non-hydrogen) atoms. The maximum absolute atomic E-state index is 11.7. The molecule has 1 unspecified atom stereocenters. The van der Waals surface area contributed by atoms with Crippen molar-refractivity contribution in [3.63, 3.8) is 0 Å². The van der Waals surface area contributed by atoms with Crippen LogP contribution in [-0.2, 0) is 21.0 Å². The van der Waals surface area contributed by atoms with E-state index in [0.29, 0.717) is 17.0 Å². The summed E-state index contributed by atoms with van der Waals surface area (Å²) in [5, 5.41) is 0.299. The Hall–Kier alpha value is -1.30. The summed E-state index contributed by atoms with van der Waals surface area (Å²) in [4.78, 5) is 22.1. The van der Waals surface area contributed by atoms with Crippen molar-refractivity contribution in [1.29, 1.82) is 0 Å². The van der Waals surface area contributed by atoms with Gasteiger partial charge < -0.3 is 9.69 Å². The van der Waals surface area contributed by atoms with Crippen molar-refractivity contribution in [1.82, 2.24) is 9.97 Å². The van der Waals surface area contributed by atoms with E-state index in [4.69, 9.17) is 0 Å². The zero-order valence-corrected chi connectivity index (χ0v) is 14.5. The van der Waals surface area contributed by atoms with Gasteiger partial charge in [-0.25, -0.2) is 9.97 Å². The monoisotopic (exact) mass is 311 g/mol. The van der Waals surface area contributed by atoms with Crippen LogP contribution < -0.4 is 4.90 Å². The molecule has 0 bridgehead atoms. The molecule has 6 heteroatoms. The first-order chi connectivity index (χ1) is 9.78. The minimum absolute atomic E-state index is 0.299. The van der Waals surface area contributed by atoms with Gasteiger partial charge in [-0.3, -0.25) is 4.21 Å². The second kappa shape index (κ2) is 7.11. The van der Waals surface area contributed by atoms with Gasteiger partial charge in [0, 0.05) is 31.1 Å². The number of carbonyl (C=O) groups excluding carboxylic acids is 1. The molecule has 0 aromatic carbocycles. The van der Waals surface area contributed by atoms with Crippen molar-refractivity contribution in [2.45, 2.75) is 57.1 Å². The fourth-order valence-electron chi connectivity index (χ4n) is 2.29. The number of nitrogens with zero attached hydrogens (tertiary/aromatic N) is 3. The molecule has 0 spiro atoms. The van der Waals surface area contributed by atoms with Gasteiger partial charge in [-0.2, -0.15) is 0 Å². The van der Waals surface area contributed by atoms with E-state index in [1.165, 1.54) is 0 Å². The van der Waals surface area contributed by atoms with Crippen molar-refractivity contribution in [2.24, 2.45) is 0 Å². The lowest BCUT2D eigenvalue weighted by Crippen LogP contribution is -2.34. The van der Waals surface area contributed by atoms with Crippen molar-refractivity contribution in [2.75, 3.05) is 18.2 Å². The Kier molecular flexibility index (Phi) is 6.01. The van der Waals surface area contributed by atoms with Crippen LogP contribution in [-0.4, -0.2) is 39.8 Å². The van der Waals surface area contributed by atoms with E-state index in [0.717, 1.165) is 24.7 Å². The molecule has 5 nitrogen and oxygen atoms in total. The number of aldehydes is 1. The Morgan fingerprint density at radius 2 is 1.95 bits per heavy atom. The van der Waals surface area contributed by atoms with Gasteiger partial charge in [0.25, 0.3) is 0 Å². The van der Waals surface area contributed by atoms with Crippen molar-refractivity contribution < 1.29 is 9.00 Å². The molecule has 1 aromatic rings. The largest absolute Gasteiger partial charge is 0.356 e. The number of rotatable bonds is 7. The molecule has 1 heterocycles. The van der Waals surface area contributed by atoms with Crippen LogP contribution in [0.5, 0.6) is 0 Å². The summed E-state index contributed by atoms with van der Waals surface area (Å²) in [6.07, 6.45) is 6.04. The Labute approximate surface area is 129 Å². The number of aromatic nitrogens is 2. The molecule has 1 atom stereocenters. The second-order valence-corrected chi connectivity index (χ2v) is 7.04. The first-order valence-electron chi connectivity index (χ1n) is 7.18. The molecule has 0 saturated heterocycles. The highest BCUT2D eigenvalue weighted by molar-refractivity contribution is 7.84. The van der Waals surface area contributed by atoms with Gasteiger partial charge in [-0.15, -0.1) is 0 Å². The first kappa shape index (κ1) is 17.8. The third kappa shape index (κ3) is 3.87. The third-order valence-electron chi connectivity index (χ3n) is 3.82. The highest BCUT2D eigenvalue weighted by atomic mass is 32.2. The average Bonchev–Trinajstić information content (AvgIpc) is 2.47. The van der Waals surface area contributed by atoms with Crippen LogP contribution >= 0.6 is 0 Å². The van der Waals surface area contributed by atoms with Crippen molar-refractivity contribution in [3.05, 3.63) is 11.8 Å². The molecule has 0 aliphatic rings. The Balaban J connectivity index is 3.46. The fraction of sp³-hybridized carbons (Fsp3) is 0.667. The second-order valence-electron chi connectivity index (χ2n) is 5.76. The Morgan fingerprint density at radius 1 is 1.38 bits per heavy atom. The van der Waals surface area contributed by atoms with Gasteiger partial charge in [0.2, 0.25) is 5.16 Å². The first-order valence-corrected chi connectivity index (χ1v) is 8.74. The summed E-state index contributed by atoms with van der Waals surface area (Å²) < 4.78 is 11.7. The van der Waals surface area contributed by atoms with E-state index in [2.05, 4.69) is 28.7 Å². The summed E-state index contributed by atoms with van der Waals surface area (Å²) in [6.45, 7) is 7.92. The molecule has 1 rings (SSSR count). The minimum atomic E-state index is -1.25. The van der Waals surface area contributed by atoms with E-state index in [1.54, 1.807) is 12.5 Å². The normalized spacial score (nSPS) is 13.3. The van der Waals surface area contributed by atoms with E-state index in [1.807, 2.05) is 20.9 Å². The maximum Gasteiger partial charge on any atom is 0.220 e. The van der Waals surface area contributed by atoms with Gasteiger partial charge >= 0.3 is 0 Å². The van der Waals surface area contributed by atoms with E-state index < -0.39 is 16.2 Å². The molecule has 0 saturated carbocycles. The lowest BCUT2D eigenvalue weighted by atomic mass is 9.87. The van der Waals surface area contributed by atoms with Gasteiger partial charge in [-0.1, -0.05) is 13.8 Å². The summed E-state index contributed by atoms with van der Waals surface area (Å²) in [5.74, 6) is 0.695. The summed E-state index contributed by atoms with van der Waals surface area (Å²) in [7, 11) is 0.718. The lowest BCUT2D eigenvalue weighted by Gasteiger charge is -2.31. The van der Waals surface area contributed by atoms with E-state index >= 15 is 0 Å². The van der Waals surface area contributed by atoms with Gasteiger partial charge in [0.05, 0.1) is 16.2 Å². The van der Waals surface area contributed by atoms with Crippen LogP contribution in [0.15, 0.2) is 11.4 Å². The van der Waals surface area contributed by atoms with Crippen LogP contribution in [0.1, 0.15) is 46.1 Å². The van der Waals surface area contributed by atoms with Crippen LogP contribution in [0.25, 0.3) is 0 Å². The molecule has 1 aromatic heterocycles. The topological polar surface area (TPSA) is 63.2 Å². The van der Waals surface area contributed by atoms with Crippen LogP contribution in [0, 0.1) is 0 Å². The predicted octanol–water partition coefficient (Wildman–Crippen LogP) is 2.32. The maximum atomic E-state index is 11.7. The smallest absolute Gasteiger partial charge is 0.220 e. The Bertz CT molecular complexity index is 528. The fourth-order valence-corrected chi connectivity index (χ4v) is 2.71. The summed E-state index contributed by atoms with van der Waals surface area (Å²) in [6, 6.07) is 0.319. The average molecular weight is 311 g/mol.